The molecule has 0 unspecified atom stereocenters. The van der Waals surface area contributed by atoms with Crippen molar-refractivity contribution in [3.63, 3.8) is 0 Å². The van der Waals surface area contributed by atoms with Crippen molar-refractivity contribution in [3.05, 3.63) is 45.5 Å². The van der Waals surface area contributed by atoms with Gasteiger partial charge in [0.15, 0.2) is 0 Å². The third-order valence-corrected chi connectivity index (χ3v) is 3.93. The van der Waals surface area contributed by atoms with Gasteiger partial charge in [-0.25, -0.2) is 4.39 Å². The molecule has 1 heterocycles. The molecule has 0 aliphatic carbocycles. The second-order valence-electron chi connectivity index (χ2n) is 5.77. The van der Waals surface area contributed by atoms with Crippen LogP contribution in [0.25, 0.3) is 11.1 Å². The first kappa shape index (κ1) is 19.0. The molecule has 0 radical (unpaired) electrons. The largest absolute Gasteiger partial charge is 0.493 e. The Bertz CT molecular complexity index is 938. The molecule has 0 spiro atoms. The van der Waals surface area contributed by atoms with Gasteiger partial charge in [-0.2, -0.15) is 10.5 Å². The lowest BCUT2D eigenvalue weighted by Crippen LogP contribution is -2.16. The number of nitrogens with zero attached hydrogens (tertiary/aromatic N) is 2. The van der Waals surface area contributed by atoms with Gasteiger partial charge in [-0.15, -0.1) is 0 Å². The Kier molecular flexibility index (Phi) is 6.35. The summed E-state index contributed by atoms with van der Waals surface area (Å²) in [7, 11) is 0. The van der Waals surface area contributed by atoms with Crippen molar-refractivity contribution in [1.29, 1.82) is 10.5 Å². The summed E-state index contributed by atoms with van der Waals surface area (Å²) in [5, 5.41) is 18.8. The Hall–Kier alpha value is -3.32. The quantitative estimate of drug-likeness (QED) is 0.739. The highest BCUT2D eigenvalue weighted by Gasteiger charge is 2.21. The number of pyridine rings is 1. The molecule has 1 aromatic carbocycles. The molecule has 7 heteroatoms. The van der Waals surface area contributed by atoms with Gasteiger partial charge in [-0.1, -0.05) is 26.2 Å². The monoisotopic (exact) mass is 354 g/mol. The molecule has 2 rings (SSSR count). The highest BCUT2D eigenvalue weighted by atomic mass is 19.1. The number of anilines is 1. The molecule has 0 atom stereocenters. The molecule has 0 fully saturated rings. The summed E-state index contributed by atoms with van der Waals surface area (Å²) in [6.45, 7) is 2.50. The Morgan fingerprint density at radius 3 is 2.58 bits per heavy atom. The number of hydrogen-bond donors (Lipinski definition) is 2. The summed E-state index contributed by atoms with van der Waals surface area (Å²) < 4.78 is 19.6. The SMILES string of the molecule is CCCCCCOc1ccc(F)cc1-c1c(C#N)c(N)[nH]c(=O)c1C#N. The minimum atomic E-state index is -0.739. The van der Waals surface area contributed by atoms with Crippen LogP contribution in [-0.4, -0.2) is 11.6 Å². The Balaban J connectivity index is 2.55. The number of halogens is 1. The summed E-state index contributed by atoms with van der Waals surface area (Å²) in [5.41, 5.74) is 4.72. The number of rotatable bonds is 7. The number of hydrogen-bond acceptors (Lipinski definition) is 5. The number of H-pyrrole nitrogens is 1. The van der Waals surface area contributed by atoms with Gasteiger partial charge in [0.2, 0.25) is 0 Å². The van der Waals surface area contributed by atoms with Gasteiger partial charge in [0.25, 0.3) is 5.56 Å². The average molecular weight is 354 g/mol. The molecule has 26 heavy (non-hydrogen) atoms. The number of unbranched alkanes of at least 4 members (excludes halogenated alkanes) is 3. The van der Waals surface area contributed by atoms with Crippen LogP contribution in [0.3, 0.4) is 0 Å². The molecule has 0 aliphatic heterocycles. The lowest BCUT2D eigenvalue weighted by molar-refractivity contribution is 0.306. The molecule has 0 saturated carbocycles. The van der Waals surface area contributed by atoms with Crippen molar-refractivity contribution >= 4 is 5.82 Å². The molecule has 0 saturated heterocycles. The van der Waals surface area contributed by atoms with Gasteiger partial charge in [-0.3, -0.25) is 4.79 Å². The lowest BCUT2D eigenvalue weighted by atomic mass is 9.95. The summed E-state index contributed by atoms with van der Waals surface area (Å²) in [6.07, 6.45) is 3.99. The Morgan fingerprint density at radius 1 is 1.19 bits per heavy atom. The summed E-state index contributed by atoms with van der Waals surface area (Å²) >= 11 is 0. The predicted octanol–water partition coefficient (Wildman–Crippen LogP) is 3.47. The van der Waals surface area contributed by atoms with E-state index in [-0.39, 0.29) is 28.1 Å². The molecule has 6 nitrogen and oxygen atoms in total. The van der Waals surface area contributed by atoms with Crippen LogP contribution in [0.5, 0.6) is 5.75 Å². The van der Waals surface area contributed by atoms with Crippen LogP contribution in [0, 0.1) is 28.5 Å². The maximum Gasteiger partial charge on any atom is 0.268 e. The van der Waals surface area contributed by atoms with Crippen molar-refractivity contribution < 1.29 is 9.13 Å². The standard InChI is InChI=1S/C19H19FN4O2/c1-2-3-4-5-8-26-16-7-6-12(20)9-13(16)17-14(10-21)18(23)24-19(25)15(17)11-22/h6-7,9H,2-5,8H2,1H3,(H3,23,24,25). The molecule has 0 amide bonds. The van der Waals surface area contributed by atoms with E-state index in [2.05, 4.69) is 11.9 Å². The second kappa shape index (κ2) is 8.68. The Labute approximate surface area is 150 Å². The third-order valence-electron chi connectivity index (χ3n) is 3.93. The van der Waals surface area contributed by atoms with E-state index in [1.165, 1.54) is 12.1 Å². The van der Waals surface area contributed by atoms with E-state index in [0.29, 0.717) is 12.4 Å². The highest BCUT2D eigenvalue weighted by molar-refractivity contribution is 5.83. The van der Waals surface area contributed by atoms with E-state index in [1.807, 2.05) is 6.07 Å². The number of nitrogens with one attached hydrogen (secondary N) is 1. The smallest absolute Gasteiger partial charge is 0.268 e. The number of benzene rings is 1. The fourth-order valence-corrected chi connectivity index (χ4v) is 2.65. The Morgan fingerprint density at radius 2 is 1.92 bits per heavy atom. The van der Waals surface area contributed by atoms with Crippen molar-refractivity contribution in [2.24, 2.45) is 0 Å². The van der Waals surface area contributed by atoms with E-state index in [1.54, 1.807) is 6.07 Å². The predicted molar refractivity (Wildman–Crippen MR) is 95.9 cm³/mol. The first-order valence-electron chi connectivity index (χ1n) is 8.32. The molecular formula is C19H19FN4O2. The average Bonchev–Trinajstić information content (AvgIpc) is 2.62. The maximum absolute atomic E-state index is 13.9. The van der Waals surface area contributed by atoms with Gasteiger partial charge < -0.3 is 15.5 Å². The van der Waals surface area contributed by atoms with Gasteiger partial charge in [-0.05, 0) is 24.6 Å². The number of nitrogens with two attached hydrogens (primary N) is 1. The van der Waals surface area contributed by atoms with E-state index in [0.717, 1.165) is 31.7 Å². The molecule has 2 aromatic rings. The van der Waals surface area contributed by atoms with Crippen LogP contribution in [0.15, 0.2) is 23.0 Å². The number of nitriles is 2. The van der Waals surface area contributed by atoms with E-state index in [4.69, 9.17) is 10.5 Å². The van der Waals surface area contributed by atoms with E-state index >= 15 is 0 Å². The van der Waals surface area contributed by atoms with Crippen molar-refractivity contribution in [2.75, 3.05) is 12.3 Å². The third kappa shape index (κ3) is 4.01. The number of aromatic amines is 1. The van der Waals surface area contributed by atoms with Gasteiger partial charge >= 0.3 is 0 Å². The molecular weight excluding hydrogens is 335 g/mol. The van der Waals surface area contributed by atoms with Crippen molar-refractivity contribution in [2.45, 2.75) is 32.6 Å². The van der Waals surface area contributed by atoms with Crippen LogP contribution in [-0.2, 0) is 0 Å². The van der Waals surface area contributed by atoms with Crippen LogP contribution in [0.1, 0.15) is 43.7 Å². The zero-order valence-corrected chi connectivity index (χ0v) is 14.4. The second-order valence-corrected chi connectivity index (χ2v) is 5.77. The van der Waals surface area contributed by atoms with Crippen LogP contribution >= 0.6 is 0 Å². The van der Waals surface area contributed by atoms with Crippen LogP contribution < -0.4 is 16.0 Å². The summed E-state index contributed by atoms with van der Waals surface area (Å²) in [4.78, 5) is 14.3. The van der Waals surface area contributed by atoms with E-state index in [9.17, 15) is 19.7 Å². The number of nitrogen functional groups attached to an aromatic ring is 1. The molecule has 0 aliphatic rings. The summed E-state index contributed by atoms with van der Waals surface area (Å²) in [5.74, 6) is -0.462. The topological polar surface area (TPSA) is 116 Å². The number of aromatic nitrogens is 1. The zero-order valence-electron chi connectivity index (χ0n) is 14.4. The highest BCUT2D eigenvalue weighted by Crippen LogP contribution is 2.35. The summed E-state index contributed by atoms with van der Waals surface area (Å²) in [6, 6.07) is 7.42. The van der Waals surface area contributed by atoms with Crippen molar-refractivity contribution in [3.8, 4) is 29.0 Å². The van der Waals surface area contributed by atoms with E-state index < -0.39 is 11.4 Å². The first-order chi connectivity index (χ1) is 12.5. The van der Waals surface area contributed by atoms with Gasteiger partial charge in [0.1, 0.15) is 40.6 Å². The molecule has 1 aromatic heterocycles. The van der Waals surface area contributed by atoms with Gasteiger partial charge in [0, 0.05) is 11.1 Å². The van der Waals surface area contributed by atoms with Crippen LogP contribution in [0.4, 0.5) is 10.2 Å². The molecule has 3 N–H and O–H groups in total. The van der Waals surface area contributed by atoms with Crippen LogP contribution in [0.2, 0.25) is 0 Å². The molecule has 0 bridgehead atoms. The maximum atomic E-state index is 13.9. The first-order valence-corrected chi connectivity index (χ1v) is 8.32. The number of ether oxygens (including phenoxy) is 1. The normalized spacial score (nSPS) is 10.2. The van der Waals surface area contributed by atoms with Crippen molar-refractivity contribution in [1.82, 2.24) is 4.98 Å². The van der Waals surface area contributed by atoms with Gasteiger partial charge in [0.05, 0.1) is 6.61 Å². The minimum absolute atomic E-state index is 0.0145. The zero-order chi connectivity index (χ0) is 19.1. The minimum Gasteiger partial charge on any atom is -0.493 e. The molecule has 134 valence electrons. The fourth-order valence-electron chi connectivity index (χ4n) is 2.65. The lowest BCUT2D eigenvalue weighted by Gasteiger charge is -2.14. The fraction of sp³-hybridized carbons (Fsp3) is 0.316.